The Bertz CT molecular complexity index is 382. The highest BCUT2D eigenvalue weighted by Crippen LogP contribution is 2.30. The molecular weight excluding hydrogens is 174 g/mol. The van der Waals surface area contributed by atoms with Crippen LogP contribution in [-0.4, -0.2) is 11.9 Å². The third kappa shape index (κ3) is 1.31. The Morgan fingerprint density at radius 3 is 2.71 bits per heavy atom. The maximum Gasteiger partial charge on any atom is 0.231 e. The normalized spacial score (nSPS) is 15.1. The van der Waals surface area contributed by atoms with Crippen LogP contribution < -0.4 is 4.90 Å². The number of rotatable bonds is 1. The summed E-state index contributed by atoms with van der Waals surface area (Å²) in [6.07, 6.45) is 0.565. The van der Waals surface area contributed by atoms with Crippen LogP contribution in [0.25, 0.3) is 0 Å². The van der Waals surface area contributed by atoms with Crippen LogP contribution in [-0.2, 0) is 11.2 Å². The summed E-state index contributed by atoms with van der Waals surface area (Å²) in [6, 6.07) is 6.48. The van der Waals surface area contributed by atoms with Crippen LogP contribution in [0.2, 0.25) is 0 Å². The summed E-state index contributed by atoms with van der Waals surface area (Å²) in [4.78, 5) is 13.6. The zero-order valence-corrected chi connectivity index (χ0v) is 8.87. The van der Waals surface area contributed by atoms with Gasteiger partial charge in [-0.05, 0) is 32.4 Å². The molecule has 0 aromatic heterocycles. The largest absolute Gasteiger partial charge is 0.309 e. The molecule has 0 N–H and O–H groups in total. The van der Waals surface area contributed by atoms with Gasteiger partial charge < -0.3 is 4.90 Å². The van der Waals surface area contributed by atoms with Crippen LogP contribution in [0, 0.1) is 6.92 Å². The lowest BCUT2D eigenvalue weighted by molar-refractivity contribution is -0.117. The Balaban J connectivity index is 2.48. The Hall–Kier alpha value is -1.31. The molecule has 0 atom stereocenters. The first-order valence-corrected chi connectivity index (χ1v) is 5.01. The summed E-state index contributed by atoms with van der Waals surface area (Å²) in [5, 5.41) is 0. The molecule has 0 radical (unpaired) electrons. The molecule has 0 fully saturated rings. The number of carbonyl (C=O) groups is 1. The predicted molar refractivity (Wildman–Crippen MR) is 57.5 cm³/mol. The van der Waals surface area contributed by atoms with Gasteiger partial charge in [0.25, 0.3) is 0 Å². The number of nitrogens with zero attached hydrogens (tertiary/aromatic N) is 1. The Morgan fingerprint density at radius 1 is 1.36 bits per heavy atom. The van der Waals surface area contributed by atoms with Crippen LogP contribution in [0.3, 0.4) is 0 Å². The highest BCUT2D eigenvalue weighted by Gasteiger charge is 2.28. The van der Waals surface area contributed by atoms with Crippen molar-refractivity contribution in [2.45, 2.75) is 33.2 Å². The molecule has 0 saturated carbocycles. The average molecular weight is 189 g/mol. The second-order valence-electron chi connectivity index (χ2n) is 4.17. The second-order valence-corrected chi connectivity index (χ2v) is 4.17. The van der Waals surface area contributed by atoms with Crippen molar-refractivity contribution in [3.05, 3.63) is 29.3 Å². The minimum atomic E-state index is 0.223. The molecule has 1 heterocycles. The van der Waals surface area contributed by atoms with Crippen LogP contribution >= 0.6 is 0 Å². The molecule has 0 spiro atoms. The van der Waals surface area contributed by atoms with E-state index in [0.717, 1.165) is 5.69 Å². The van der Waals surface area contributed by atoms with Gasteiger partial charge in [-0.25, -0.2) is 0 Å². The molecule has 74 valence electrons. The standard InChI is InChI=1S/C12H15NO/c1-8(2)13-11-5-4-9(3)6-10(11)7-12(13)14/h4-6,8H,7H2,1-3H3. The SMILES string of the molecule is Cc1ccc2c(c1)CC(=O)N2C(C)C. The Kier molecular flexibility index (Phi) is 2.06. The van der Waals surface area contributed by atoms with E-state index in [0.29, 0.717) is 6.42 Å². The van der Waals surface area contributed by atoms with Gasteiger partial charge >= 0.3 is 0 Å². The van der Waals surface area contributed by atoms with E-state index in [2.05, 4.69) is 25.1 Å². The minimum absolute atomic E-state index is 0.223. The fraction of sp³-hybridized carbons (Fsp3) is 0.417. The Morgan fingerprint density at radius 2 is 2.07 bits per heavy atom. The molecule has 0 unspecified atom stereocenters. The molecule has 1 amide bonds. The zero-order valence-electron chi connectivity index (χ0n) is 8.87. The summed E-state index contributed by atoms with van der Waals surface area (Å²) in [5.74, 6) is 0.223. The maximum absolute atomic E-state index is 11.7. The smallest absolute Gasteiger partial charge is 0.231 e. The van der Waals surface area contributed by atoms with Crippen molar-refractivity contribution < 1.29 is 4.79 Å². The van der Waals surface area contributed by atoms with E-state index in [4.69, 9.17) is 0 Å². The molecule has 14 heavy (non-hydrogen) atoms. The van der Waals surface area contributed by atoms with E-state index in [-0.39, 0.29) is 11.9 Å². The number of benzene rings is 1. The van der Waals surface area contributed by atoms with Gasteiger partial charge in [0.1, 0.15) is 0 Å². The van der Waals surface area contributed by atoms with Gasteiger partial charge in [-0.15, -0.1) is 0 Å². The van der Waals surface area contributed by atoms with Crippen molar-refractivity contribution in [3.8, 4) is 0 Å². The van der Waals surface area contributed by atoms with Gasteiger partial charge in [-0.1, -0.05) is 17.7 Å². The van der Waals surface area contributed by atoms with Crippen molar-refractivity contribution in [2.75, 3.05) is 4.90 Å². The highest BCUT2D eigenvalue weighted by molar-refractivity contribution is 6.01. The predicted octanol–water partition coefficient (Wildman–Crippen LogP) is 2.29. The summed E-state index contributed by atoms with van der Waals surface area (Å²) in [6.45, 7) is 6.16. The molecule has 2 nitrogen and oxygen atoms in total. The van der Waals surface area contributed by atoms with Gasteiger partial charge in [-0.3, -0.25) is 4.79 Å². The fourth-order valence-corrected chi connectivity index (χ4v) is 2.04. The number of aryl methyl sites for hydroxylation is 1. The first kappa shape index (κ1) is 9.25. The van der Waals surface area contributed by atoms with E-state index in [1.54, 1.807) is 0 Å². The molecule has 1 aromatic rings. The number of hydrogen-bond donors (Lipinski definition) is 0. The quantitative estimate of drug-likeness (QED) is 0.663. The second kappa shape index (κ2) is 3.12. The van der Waals surface area contributed by atoms with Crippen LogP contribution in [0.15, 0.2) is 18.2 Å². The fourth-order valence-electron chi connectivity index (χ4n) is 2.04. The number of carbonyl (C=O) groups excluding carboxylic acids is 1. The molecule has 2 rings (SSSR count). The average Bonchev–Trinajstić information content (AvgIpc) is 2.39. The van der Waals surface area contributed by atoms with Crippen molar-refractivity contribution in [2.24, 2.45) is 0 Å². The monoisotopic (exact) mass is 189 g/mol. The summed E-state index contributed by atoms with van der Waals surface area (Å²) < 4.78 is 0. The minimum Gasteiger partial charge on any atom is -0.309 e. The molecule has 1 aromatic carbocycles. The van der Waals surface area contributed by atoms with Gasteiger partial charge in [0.2, 0.25) is 5.91 Å². The third-order valence-electron chi connectivity index (χ3n) is 2.62. The van der Waals surface area contributed by atoms with Crippen LogP contribution in [0.5, 0.6) is 0 Å². The van der Waals surface area contributed by atoms with Gasteiger partial charge in [0.15, 0.2) is 0 Å². The maximum atomic E-state index is 11.7. The summed E-state index contributed by atoms with van der Waals surface area (Å²) in [5.41, 5.74) is 3.49. The molecule has 0 bridgehead atoms. The van der Waals surface area contributed by atoms with Gasteiger partial charge in [0, 0.05) is 11.7 Å². The summed E-state index contributed by atoms with van der Waals surface area (Å²) >= 11 is 0. The van der Waals surface area contributed by atoms with Gasteiger partial charge in [0.05, 0.1) is 6.42 Å². The number of anilines is 1. The van der Waals surface area contributed by atoms with Crippen molar-refractivity contribution in [1.82, 2.24) is 0 Å². The lowest BCUT2D eigenvalue weighted by Crippen LogP contribution is -2.33. The lowest BCUT2D eigenvalue weighted by atomic mass is 10.1. The number of hydrogen-bond acceptors (Lipinski definition) is 1. The van der Waals surface area contributed by atoms with Gasteiger partial charge in [-0.2, -0.15) is 0 Å². The van der Waals surface area contributed by atoms with Crippen molar-refractivity contribution in [3.63, 3.8) is 0 Å². The Labute approximate surface area is 84.5 Å². The van der Waals surface area contributed by atoms with Crippen LogP contribution in [0.1, 0.15) is 25.0 Å². The lowest BCUT2D eigenvalue weighted by Gasteiger charge is -2.21. The molecule has 1 aliphatic heterocycles. The highest BCUT2D eigenvalue weighted by atomic mass is 16.2. The third-order valence-corrected chi connectivity index (χ3v) is 2.62. The molecule has 0 aliphatic carbocycles. The molecule has 2 heteroatoms. The first-order valence-electron chi connectivity index (χ1n) is 5.01. The molecule has 0 saturated heterocycles. The van der Waals surface area contributed by atoms with E-state index < -0.39 is 0 Å². The summed E-state index contributed by atoms with van der Waals surface area (Å²) in [7, 11) is 0. The molecule has 1 aliphatic rings. The van der Waals surface area contributed by atoms with Crippen molar-refractivity contribution >= 4 is 11.6 Å². The molecular formula is C12H15NO. The first-order chi connectivity index (χ1) is 6.59. The van der Waals surface area contributed by atoms with E-state index in [1.807, 2.05) is 18.7 Å². The van der Waals surface area contributed by atoms with Crippen molar-refractivity contribution in [1.29, 1.82) is 0 Å². The number of amides is 1. The topological polar surface area (TPSA) is 20.3 Å². The zero-order chi connectivity index (χ0) is 10.3. The van der Waals surface area contributed by atoms with Crippen LogP contribution in [0.4, 0.5) is 5.69 Å². The number of fused-ring (bicyclic) bond motifs is 1. The van der Waals surface area contributed by atoms with E-state index in [1.165, 1.54) is 11.1 Å². The van der Waals surface area contributed by atoms with E-state index >= 15 is 0 Å². The van der Waals surface area contributed by atoms with E-state index in [9.17, 15) is 4.79 Å².